The Morgan fingerprint density at radius 1 is 1.12 bits per heavy atom. The van der Waals surface area contributed by atoms with Crippen LogP contribution in [-0.2, 0) is 11.4 Å². The number of carbonyl (C=O) groups is 1. The quantitative estimate of drug-likeness (QED) is 0.243. The summed E-state index contributed by atoms with van der Waals surface area (Å²) in [5, 5.41) is 22.3. The first-order valence-corrected chi connectivity index (χ1v) is 13.7. The summed E-state index contributed by atoms with van der Waals surface area (Å²) in [4.78, 5) is 26.5. The summed E-state index contributed by atoms with van der Waals surface area (Å²) in [6.07, 6.45) is 1.43. The van der Waals surface area contributed by atoms with Crippen molar-refractivity contribution in [3.8, 4) is 11.8 Å². The van der Waals surface area contributed by atoms with Crippen LogP contribution in [0.2, 0.25) is 0 Å². The fourth-order valence-electron chi connectivity index (χ4n) is 5.58. The van der Waals surface area contributed by atoms with Gasteiger partial charge in [0.05, 0.1) is 27.0 Å². The predicted molar refractivity (Wildman–Crippen MR) is 155 cm³/mol. The van der Waals surface area contributed by atoms with Gasteiger partial charge >= 0.3 is 0 Å². The molecule has 40 heavy (non-hydrogen) atoms. The number of Topliss-reactive ketones (excluding diaryl/α,β-unsaturated/α-hetero) is 1. The number of anilines is 1. The molecular formula is C31H27BrN4O4. The zero-order valence-corrected chi connectivity index (χ0v) is 23.7. The highest BCUT2D eigenvalue weighted by Gasteiger charge is 2.42. The summed E-state index contributed by atoms with van der Waals surface area (Å²) in [6.45, 7) is 4.24. The van der Waals surface area contributed by atoms with Crippen LogP contribution < -0.4 is 15.4 Å². The van der Waals surface area contributed by atoms with Gasteiger partial charge in [-0.15, -0.1) is 0 Å². The molecule has 0 saturated heterocycles. The Morgan fingerprint density at radius 3 is 2.58 bits per heavy atom. The van der Waals surface area contributed by atoms with E-state index in [1.54, 1.807) is 23.1 Å². The molecule has 0 radical (unpaired) electrons. The lowest BCUT2D eigenvalue weighted by molar-refractivity contribution is -0.384. The molecule has 0 aromatic heterocycles. The summed E-state index contributed by atoms with van der Waals surface area (Å²) in [5.41, 5.74) is 11.7. The van der Waals surface area contributed by atoms with Gasteiger partial charge in [0.15, 0.2) is 5.78 Å². The zero-order valence-electron chi connectivity index (χ0n) is 22.1. The summed E-state index contributed by atoms with van der Waals surface area (Å²) >= 11 is 3.51. The van der Waals surface area contributed by atoms with Crippen LogP contribution in [-0.4, -0.2) is 10.7 Å². The predicted octanol–water partition coefficient (Wildman–Crippen LogP) is 6.86. The van der Waals surface area contributed by atoms with Crippen molar-refractivity contribution < 1.29 is 14.5 Å². The van der Waals surface area contributed by atoms with Crippen LogP contribution >= 0.6 is 15.9 Å². The molecule has 1 unspecified atom stereocenters. The molecule has 202 valence electrons. The minimum atomic E-state index is -0.686. The zero-order chi connectivity index (χ0) is 28.6. The van der Waals surface area contributed by atoms with Crippen molar-refractivity contribution in [1.29, 1.82) is 5.26 Å². The molecule has 0 saturated carbocycles. The molecule has 8 nitrogen and oxygen atoms in total. The number of halogens is 1. The van der Waals surface area contributed by atoms with Crippen molar-refractivity contribution in [3.05, 3.63) is 120 Å². The van der Waals surface area contributed by atoms with E-state index in [-0.39, 0.29) is 35.2 Å². The van der Waals surface area contributed by atoms with Gasteiger partial charge in [0, 0.05) is 23.8 Å². The molecule has 1 aliphatic heterocycles. The fourth-order valence-corrected chi connectivity index (χ4v) is 5.98. The molecule has 0 fully saturated rings. The molecule has 1 aliphatic carbocycles. The van der Waals surface area contributed by atoms with E-state index in [1.807, 2.05) is 50.2 Å². The normalized spacial score (nSPS) is 17.0. The van der Waals surface area contributed by atoms with Gasteiger partial charge in [-0.05, 0) is 83.1 Å². The SMILES string of the molecule is Cc1cc(C)c(C2C(C#N)=C(N)N(c3ccccc3[N+](=O)[O-])C3=C2C(=O)CCC3)cc1COc1ccccc1Br. The minimum absolute atomic E-state index is 0.0823. The molecule has 0 bridgehead atoms. The van der Waals surface area contributed by atoms with Crippen LogP contribution in [0.4, 0.5) is 11.4 Å². The van der Waals surface area contributed by atoms with Crippen molar-refractivity contribution in [3.63, 3.8) is 0 Å². The Hall–Kier alpha value is -4.42. The first-order valence-electron chi connectivity index (χ1n) is 12.9. The number of nitro groups is 1. The van der Waals surface area contributed by atoms with E-state index in [9.17, 15) is 20.2 Å². The van der Waals surface area contributed by atoms with Gasteiger partial charge in [-0.2, -0.15) is 5.26 Å². The van der Waals surface area contributed by atoms with Crippen molar-refractivity contribution in [1.82, 2.24) is 0 Å². The average molecular weight is 599 g/mol. The maximum atomic E-state index is 13.6. The van der Waals surface area contributed by atoms with Crippen LogP contribution in [0.15, 0.2) is 87.8 Å². The summed E-state index contributed by atoms with van der Waals surface area (Å²) in [5.74, 6) is 0.0352. The van der Waals surface area contributed by atoms with E-state index in [0.717, 1.165) is 26.7 Å². The Bertz CT molecular complexity index is 1650. The monoisotopic (exact) mass is 598 g/mol. The molecule has 0 spiro atoms. The van der Waals surface area contributed by atoms with E-state index >= 15 is 0 Å². The molecule has 9 heteroatoms. The molecule has 2 aliphatic rings. The topological polar surface area (TPSA) is 122 Å². The lowest BCUT2D eigenvalue weighted by atomic mass is 9.74. The fraction of sp³-hybridized carbons (Fsp3) is 0.226. The molecule has 3 aromatic carbocycles. The van der Waals surface area contributed by atoms with E-state index in [4.69, 9.17) is 10.5 Å². The van der Waals surface area contributed by atoms with Gasteiger partial charge < -0.3 is 10.5 Å². The van der Waals surface area contributed by atoms with Gasteiger partial charge in [0.25, 0.3) is 5.69 Å². The number of ketones is 1. The number of nitriles is 1. The summed E-state index contributed by atoms with van der Waals surface area (Å²) in [7, 11) is 0. The third-order valence-electron chi connectivity index (χ3n) is 7.49. The van der Waals surface area contributed by atoms with Gasteiger partial charge in [0.1, 0.15) is 23.9 Å². The molecule has 1 heterocycles. The van der Waals surface area contributed by atoms with Crippen LogP contribution in [0.3, 0.4) is 0 Å². The van der Waals surface area contributed by atoms with Crippen molar-refractivity contribution >= 4 is 33.1 Å². The minimum Gasteiger partial charge on any atom is -0.488 e. The molecule has 2 N–H and O–H groups in total. The number of nitrogens with two attached hydrogens (primary N) is 1. The highest BCUT2D eigenvalue weighted by molar-refractivity contribution is 9.10. The first kappa shape index (κ1) is 27.2. The largest absolute Gasteiger partial charge is 0.488 e. The van der Waals surface area contributed by atoms with Gasteiger partial charge in [0.2, 0.25) is 0 Å². The number of nitro benzene ring substituents is 1. The van der Waals surface area contributed by atoms with Crippen molar-refractivity contribution in [2.24, 2.45) is 5.73 Å². The Morgan fingerprint density at radius 2 is 1.85 bits per heavy atom. The van der Waals surface area contributed by atoms with Crippen LogP contribution in [0.5, 0.6) is 5.75 Å². The number of benzene rings is 3. The van der Waals surface area contributed by atoms with Gasteiger partial charge in [-0.25, -0.2) is 0 Å². The average Bonchev–Trinajstić information content (AvgIpc) is 2.93. The van der Waals surface area contributed by atoms with Crippen molar-refractivity contribution in [2.45, 2.75) is 45.6 Å². The van der Waals surface area contributed by atoms with Crippen LogP contribution in [0.25, 0.3) is 0 Å². The lowest BCUT2D eigenvalue weighted by Crippen LogP contribution is -2.39. The molecule has 3 aromatic rings. The van der Waals surface area contributed by atoms with Crippen LogP contribution in [0, 0.1) is 35.3 Å². The number of rotatable bonds is 6. The number of ether oxygens (including phenoxy) is 1. The number of nitrogens with zero attached hydrogens (tertiary/aromatic N) is 3. The maximum absolute atomic E-state index is 13.6. The molecule has 5 rings (SSSR count). The number of hydrogen-bond acceptors (Lipinski definition) is 7. The van der Waals surface area contributed by atoms with E-state index in [0.29, 0.717) is 36.3 Å². The lowest BCUT2D eigenvalue weighted by Gasteiger charge is -2.39. The second-order valence-corrected chi connectivity index (χ2v) is 10.8. The number of allylic oxidation sites excluding steroid dienone is 3. The Labute approximate surface area is 240 Å². The highest BCUT2D eigenvalue weighted by atomic mass is 79.9. The van der Waals surface area contributed by atoms with E-state index in [1.165, 1.54) is 6.07 Å². The van der Waals surface area contributed by atoms with E-state index < -0.39 is 10.8 Å². The number of carbonyl (C=O) groups excluding carboxylic acids is 1. The van der Waals surface area contributed by atoms with Crippen molar-refractivity contribution in [2.75, 3.05) is 4.90 Å². The molecular weight excluding hydrogens is 572 g/mol. The number of hydrogen-bond donors (Lipinski definition) is 1. The third kappa shape index (κ3) is 4.75. The standard InChI is InChI=1S/C31H27BrN4O4/c1-18-14-19(2)21(15-20(18)17-40-28-13-6-3-8-23(28)32)29-22(16-33)31(34)35(26-11-7-12-27(37)30(26)29)24-9-4-5-10-25(24)36(38)39/h3-6,8-10,13-15,29H,7,11-12,17,34H2,1-2H3. The summed E-state index contributed by atoms with van der Waals surface area (Å²) < 4.78 is 6.94. The van der Waals surface area contributed by atoms with Crippen LogP contribution in [0.1, 0.15) is 47.4 Å². The number of para-hydroxylation sites is 3. The second-order valence-electron chi connectivity index (χ2n) is 9.92. The van der Waals surface area contributed by atoms with E-state index in [2.05, 4.69) is 22.0 Å². The highest BCUT2D eigenvalue weighted by Crippen LogP contribution is 2.48. The Balaban J connectivity index is 1.66. The smallest absolute Gasteiger partial charge is 0.293 e. The van der Waals surface area contributed by atoms with Gasteiger partial charge in [-0.3, -0.25) is 19.8 Å². The molecule has 0 amide bonds. The first-order chi connectivity index (χ1) is 19.2. The summed E-state index contributed by atoms with van der Waals surface area (Å²) in [6, 6.07) is 20.1. The van der Waals surface area contributed by atoms with Gasteiger partial charge in [-0.1, -0.05) is 36.4 Å². The Kier molecular flexibility index (Phi) is 7.46. The third-order valence-corrected chi connectivity index (χ3v) is 8.14. The maximum Gasteiger partial charge on any atom is 0.293 e. The number of aryl methyl sites for hydroxylation is 2. The second kappa shape index (κ2) is 11.0. The molecule has 1 atom stereocenters.